The van der Waals surface area contributed by atoms with E-state index >= 15 is 0 Å². The molecule has 2 aromatic rings. The third kappa shape index (κ3) is 4.85. The van der Waals surface area contributed by atoms with Crippen LogP contribution in [0.15, 0.2) is 30.5 Å². The molecular weight excluding hydrogens is 355 g/mol. The molecule has 0 radical (unpaired) electrons. The topological polar surface area (TPSA) is 45.2 Å². The van der Waals surface area contributed by atoms with E-state index in [1.54, 1.807) is 0 Å². The van der Waals surface area contributed by atoms with Crippen molar-refractivity contribution in [3.63, 3.8) is 0 Å². The Balaban J connectivity index is 2.10. The zero-order valence-electron chi connectivity index (χ0n) is 13.9. The van der Waals surface area contributed by atoms with Crippen molar-refractivity contribution in [1.29, 1.82) is 0 Å². The highest BCUT2D eigenvalue weighted by Gasteiger charge is 2.32. The molecule has 0 aliphatic heterocycles. The van der Waals surface area contributed by atoms with Crippen molar-refractivity contribution in [2.45, 2.75) is 20.0 Å². The van der Waals surface area contributed by atoms with Gasteiger partial charge in [-0.05, 0) is 37.1 Å². The van der Waals surface area contributed by atoms with Crippen LogP contribution >= 0.6 is 11.6 Å². The van der Waals surface area contributed by atoms with E-state index in [2.05, 4.69) is 10.3 Å². The Labute approximate surface area is 148 Å². The van der Waals surface area contributed by atoms with Crippen molar-refractivity contribution in [1.82, 2.24) is 4.98 Å². The number of hydrogen-bond donors (Lipinski definition) is 1. The number of aryl methyl sites for hydroxylation is 2. The van der Waals surface area contributed by atoms with Gasteiger partial charge in [0.05, 0.1) is 17.1 Å². The zero-order valence-corrected chi connectivity index (χ0v) is 14.7. The number of amides is 1. The Bertz CT molecular complexity index is 793. The highest BCUT2D eigenvalue weighted by atomic mass is 35.5. The first-order valence-corrected chi connectivity index (χ1v) is 7.76. The fraction of sp³-hybridized carbons (Fsp3) is 0.294. The summed E-state index contributed by atoms with van der Waals surface area (Å²) in [5.41, 5.74) is 1.66. The summed E-state index contributed by atoms with van der Waals surface area (Å²) in [5.74, 6) is -0.222. The predicted molar refractivity (Wildman–Crippen MR) is 92.1 cm³/mol. The minimum atomic E-state index is -4.52. The molecule has 0 fully saturated rings. The molecule has 4 nitrogen and oxygen atoms in total. The number of alkyl halides is 3. The molecule has 0 aliphatic rings. The summed E-state index contributed by atoms with van der Waals surface area (Å²) in [6.45, 7) is 3.67. The van der Waals surface area contributed by atoms with Gasteiger partial charge < -0.3 is 10.2 Å². The highest BCUT2D eigenvalue weighted by molar-refractivity contribution is 6.33. The van der Waals surface area contributed by atoms with Crippen LogP contribution in [0.5, 0.6) is 0 Å². The number of nitrogens with zero attached hydrogens (tertiary/aromatic N) is 2. The van der Waals surface area contributed by atoms with Gasteiger partial charge in [0.1, 0.15) is 5.82 Å². The number of carbonyl (C=O) groups is 1. The molecule has 1 heterocycles. The monoisotopic (exact) mass is 371 g/mol. The Hall–Kier alpha value is -2.28. The quantitative estimate of drug-likeness (QED) is 0.863. The van der Waals surface area contributed by atoms with Crippen LogP contribution in [0.3, 0.4) is 0 Å². The van der Waals surface area contributed by atoms with Crippen LogP contribution in [0.1, 0.15) is 16.7 Å². The van der Waals surface area contributed by atoms with Gasteiger partial charge in [-0.3, -0.25) is 4.79 Å². The van der Waals surface area contributed by atoms with E-state index < -0.39 is 11.7 Å². The van der Waals surface area contributed by atoms with Gasteiger partial charge >= 0.3 is 6.18 Å². The molecule has 1 aromatic heterocycles. The van der Waals surface area contributed by atoms with E-state index in [1.807, 2.05) is 32.0 Å². The fourth-order valence-electron chi connectivity index (χ4n) is 2.22. The summed E-state index contributed by atoms with van der Waals surface area (Å²) in [4.78, 5) is 17.3. The first-order chi connectivity index (χ1) is 11.6. The lowest BCUT2D eigenvalue weighted by Gasteiger charge is -2.20. The largest absolute Gasteiger partial charge is 0.417 e. The average Bonchev–Trinajstić information content (AvgIpc) is 2.49. The number of hydrogen-bond acceptors (Lipinski definition) is 3. The van der Waals surface area contributed by atoms with Crippen LogP contribution < -0.4 is 10.2 Å². The van der Waals surface area contributed by atoms with Gasteiger partial charge in [-0.15, -0.1) is 0 Å². The maximum Gasteiger partial charge on any atom is 0.417 e. The van der Waals surface area contributed by atoms with Crippen molar-refractivity contribution in [3.8, 4) is 0 Å². The second-order valence-electron chi connectivity index (χ2n) is 5.75. The average molecular weight is 372 g/mol. The highest BCUT2D eigenvalue weighted by Crippen LogP contribution is 2.33. The number of carbonyl (C=O) groups excluding carboxylic acids is 1. The van der Waals surface area contributed by atoms with E-state index in [-0.39, 0.29) is 23.3 Å². The Morgan fingerprint density at radius 3 is 2.56 bits per heavy atom. The Morgan fingerprint density at radius 2 is 1.96 bits per heavy atom. The molecule has 8 heteroatoms. The second kappa shape index (κ2) is 7.31. The SMILES string of the molecule is Cc1ccc(C)c(NC(=O)CN(C)c2ncc(C(F)(F)F)cc2Cl)c1. The summed E-state index contributed by atoms with van der Waals surface area (Å²) in [5, 5.41) is 2.61. The van der Waals surface area contributed by atoms with E-state index in [1.165, 1.54) is 11.9 Å². The number of benzene rings is 1. The minimum Gasteiger partial charge on any atom is -0.349 e. The first kappa shape index (κ1) is 19.1. The lowest BCUT2D eigenvalue weighted by Crippen LogP contribution is -2.31. The van der Waals surface area contributed by atoms with Crippen LogP contribution in [-0.2, 0) is 11.0 Å². The molecule has 1 N–H and O–H groups in total. The molecule has 0 saturated heterocycles. The number of pyridine rings is 1. The number of nitrogens with one attached hydrogen (secondary N) is 1. The van der Waals surface area contributed by atoms with E-state index in [0.29, 0.717) is 11.9 Å². The lowest BCUT2D eigenvalue weighted by atomic mass is 10.1. The van der Waals surface area contributed by atoms with Crippen molar-refractivity contribution in [2.24, 2.45) is 0 Å². The predicted octanol–water partition coefficient (Wildman–Crippen LogP) is 4.45. The van der Waals surface area contributed by atoms with Crippen LogP contribution in [-0.4, -0.2) is 24.5 Å². The van der Waals surface area contributed by atoms with Crippen molar-refractivity contribution in [3.05, 3.63) is 52.2 Å². The van der Waals surface area contributed by atoms with Crippen molar-refractivity contribution >= 4 is 29.0 Å². The molecule has 134 valence electrons. The maximum atomic E-state index is 12.6. The van der Waals surface area contributed by atoms with Crippen LogP contribution in [0.25, 0.3) is 0 Å². The third-order valence-electron chi connectivity index (χ3n) is 3.56. The second-order valence-corrected chi connectivity index (χ2v) is 6.16. The smallest absolute Gasteiger partial charge is 0.349 e. The Kier molecular flexibility index (Phi) is 5.57. The summed E-state index contributed by atoms with van der Waals surface area (Å²) in [6.07, 6.45) is -3.83. The number of rotatable bonds is 4. The van der Waals surface area contributed by atoms with Gasteiger partial charge in [0.25, 0.3) is 0 Å². The lowest BCUT2D eigenvalue weighted by molar-refractivity contribution is -0.137. The number of aromatic nitrogens is 1. The van der Waals surface area contributed by atoms with Crippen LogP contribution in [0, 0.1) is 13.8 Å². The Morgan fingerprint density at radius 1 is 1.28 bits per heavy atom. The summed E-state index contributed by atoms with van der Waals surface area (Å²) < 4.78 is 37.9. The molecule has 2 rings (SSSR count). The molecule has 0 aliphatic carbocycles. The number of likely N-dealkylation sites (N-methyl/N-ethyl adjacent to an activating group) is 1. The molecular formula is C17H17ClF3N3O. The third-order valence-corrected chi connectivity index (χ3v) is 3.84. The maximum absolute atomic E-state index is 12.6. The summed E-state index contributed by atoms with van der Waals surface area (Å²) in [6, 6.07) is 6.46. The minimum absolute atomic E-state index is 0.103. The standard InChI is InChI=1S/C17H17ClF3N3O/c1-10-4-5-11(2)14(6-10)23-15(25)9-24(3)16-13(18)7-12(8-22-16)17(19,20)21/h4-8H,9H2,1-3H3,(H,23,25). The molecule has 0 spiro atoms. The molecule has 1 amide bonds. The summed E-state index contributed by atoms with van der Waals surface area (Å²) >= 11 is 5.88. The van der Waals surface area contributed by atoms with Gasteiger partial charge in [-0.1, -0.05) is 23.7 Å². The molecule has 0 bridgehead atoms. The van der Waals surface area contributed by atoms with E-state index in [0.717, 1.165) is 17.2 Å². The van der Waals surface area contributed by atoms with Gasteiger partial charge in [0.2, 0.25) is 5.91 Å². The number of halogens is 4. The van der Waals surface area contributed by atoms with Crippen molar-refractivity contribution < 1.29 is 18.0 Å². The molecule has 25 heavy (non-hydrogen) atoms. The molecule has 0 atom stereocenters. The zero-order chi connectivity index (χ0) is 18.8. The molecule has 0 unspecified atom stereocenters. The van der Waals surface area contributed by atoms with Crippen LogP contribution in [0.2, 0.25) is 5.02 Å². The first-order valence-electron chi connectivity index (χ1n) is 7.39. The van der Waals surface area contributed by atoms with E-state index in [9.17, 15) is 18.0 Å². The summed E-state index contributed by atoms with van der Waals surface area (Å²) in [7, 11) is 1.53. The fourth-order valence-corrected chi connectivity index (χ4v) is 2.53. The van der Waals surface area contributed by atoms with E-state index in [4.69, 9.17) is 11.6 Å². The van der Waals surface area contributed by atoms with Crippen molar-refractivity contribution in [2.75, 3.05) is 23.8 Å². The molecule has 1 aromatic carbocycles. The van der Waals surface area contributed by atoms with Gasteiger partial charge in [-0.2, -0.15) is 13.2 Å². The van der Waals surface area contributed by atoms with Gasteiger partial charge in [0, 0.05) is 18.9 Å². The number of anilines is 2. The van der Waals surface area contributed by atoms with Crippen LogP contribution in [0.4, 0.5) is 24.7 Å². The normalized spacial score (nSPS) is 11.3. The molecule has 0 saturated carbocycles. The van der Waals surface area contributed by atoms with Gasteiger partial charge in [0.15, 0.2) is 0 Å². The van der Waals surface area contributed by atoms with Gasteiger partial charge in [-0.25, -0.2) is 4.98 Å².